The Morgan fingerprint density at radius 1 is 1.19 bits per heavy atom. The molecule has 1 aromatic rings. The summed E-state index contributed by atoms with van der Waals surface area (Å²) in [5.41, 5.74) is 5.11. The van der Waals surface area contributed by atoms with Gasteiger partial charge in [-0.2, -0.15) is 0 Å². The van der Waals surface area contributed by atoms with Gasteiger partial charge in [0, 0.05) is 18.2 Å². The lowest BCUT2D eigenvalue weighted by Crippen LogP contribution is -2.16. The molecule has 0 fully saturated rings. The molecule has 0 saturated carbocycles. The van der Waals surface area contributed by atoms with E-state index in [1.807, 2.05) is 24.3 Å². The number of carbonyl (C=O) groups excluding carboxylic acids is 1. The van der Waals surface area contributed by atoms with Gasteiger partial charge >= 0.3 is 0 Å². The molecular formula is C13H17NOSi. The molecule has 0 atom stereocenters. The molecule has 1 amide bonds. The molecule has 0 heterocycles. The highest BCUT2D eigenvalue weighted by Crippen LogP contribution is 2.09. The van der Waals surface area contributed by atoms with E-state index in [-0.39, 0.29) is 5.91 Å². The van der Waals surface area contributed by atoms with Crippen molar-refractivity contribution in [2.45, 2.75) is 26.6 Å². The second kappa shape index (κ2) is 5.00. The Morgan fingerprint density at radius 3 is 2.19 bits per heavy atom. The van der Waals surface area contributed by atoms with Crippen molar-refractivity contribution in [3.8, 4) is 11.5 Å². The number of amides is 1. The second-order valence-electron chi connectivity index (χ2n) is 4.76. The third-order valence-electron chi connectivity index (χ3n) is 1.79. The predicted molar refractivity (Wildman–Crippen MR) is 71.0 cm³/mol. The molecule has 0 bridgehead atoms. The van der Waals surface area contributed by atoms with Crippen LogP contribution >= 0.6 is 0 Å². The van der Waals surface area contributed by atoms with E-state index in [1.165, 1.54) is 6.92 Å². The van der Waals surface area contributed by atoms with Crippen LogP contribution in [0.2, 0.25) is 19.6 Å². The monoisotopic (exact) mass is 231 g/mol. The van der Waals surface area contributed by atoms with Crippen LogP contribution in [-0.2, 0) is 4.79 Å². The fourth-order valence-electron chi connectivity index (χ4n) is 1.10. The Morgan fingerprint density at radius 2 is 1.75 bits per heavy atom. The molecule has 0 aliphatic heterocycles. The van der Waals surface area contributed by atoms with Gasteiger partial charge in [0.15, 0.2) is 0 Å². The van der Waals surface area contributed by atoms with Crippen molar-refractivity contribution >= 4 is 19.7 Å². The number of anilines is 1. The smallest absolute Gasteiger partial charge is 0.221 e. The molecule has 0 radical (unpaired) electrons. The average Bonchev–Trinajstić information content (AvgIpc) is 2.14. The van der Waals surface area contributed by atoms with Crippen LogP contribution in [0, 0.1) is 11.5 Å². The minimum Gasteiger partial charge on any atom is -0.326 e. The first-order valence-electron chi connectivity index (χ1n) is 5.28. The molecule has 3 heteroatoms. The zero-order valence-electron chi connectivity index (χ0n) is 10.2. The van der Waals surface area contributed by atoms with Crippen LogP contribution in [0.5, 0.6) is 0 Å². The van der Waals surface area contributed by atoms with Gasteiger partial charge in [-0.15, -0.1) is 5.54 Å². The second-order valence-corrected chi connectivity index (χ2v) is 9.51. The Hall–Kier alpha value is -1.53. The van der Waals surface area contributed by atoms with Gasteiger partial charge in [-0.3, -0.25) is 4.79 Å². The van der Waals surface area contributed by atoms with Crippen molar-refractivity contribution in [2.75, 3.05) is 5.32 Å². The maximum Gasteiger partial charge on any atom is 0.221 e. The van der Waals surface area contributed by atoms with Gasteiger partial charge in [0.25, 0.3) is 0 Å². The molecule has 0 aromatic heterocycles. The summed E-state index contributed by atoms with van der Waals surface area (Å²) in [5.74, 6) is 3.11. The van der Waals surface area contributed by atoms with Gasteiger partial charge in [-0.05, 0) is 24.3 Å². The average molecular weight is 231 g/mol. The van der Waals surface area contributed by atoms with Crippen molar-refractivity contribution in [2.24, 2.45) is 0 Å². The van der Waals surface area contributed by atoms with Crippen LogP contribution in [0.15, 0.2) is 24.3 Å². The summed E-state index contributed by atoms with van der Waals surface area (Å²) in [7, 11) is -1.31. The number of hydrogen-bond donors (Lipinski definition) is 1. The molecule has 2 nitrogen and oxygen atoms in total. The number of rotatable bonds is 1. The van der Waals surface area contributed by atoms with Crippen LogP contribution < -0.4 is 5.32 Å². The van der Waals surface area contributed by atoms with E-state index in [0.717, 1.165) is 11.3 Å². The molecular weight excluding hydrogens is 214 g/mol. The highest BCUT2D eigenvalue weighted by molar-refractivity contribution is 6.83. The van der Waals surface area contributed by atoms with Crippen LogP contribution in [0.25, 0.3) is 0 Å². The van der Waals surface area contributed by atoms with E-state index in [9.17, 15) is 4.79 Å². The summed E-state index contributed by atoms with van der Waals surface area (Å²) in [6.45, 7) is 8.14. The van der Waals surface area contributed by atoms with Crippen LogP contribution in [-0.4, -0.2) is 14.0 Å². The lowest BCUT2D eigenvalue weighted by molar-refractivity contribution is -0.114. The summed E-state index contributed by atoms with van der Waals surface area (Å²) in [4.78, 5) is 10.8. The van der Waals surface area contributed by atoms with Gasteiger partial charge in [0.1, 0.15) is 8.07 Å². The molecule has 84 valence electrons. The SMILES string of the molecule is CC(=O)Nc1ccc(C#C[Si](C)(C)C)cc1. The van der Waals surface area contributed by atoms with Crippen LogP contribution in [0.3, 0.4) is 0 Å². The zero-order chi connectivity index (χ0) is 12.2. The van der Waals surface area contributed by atoms with Crippen molar-refractivity contribution in [1.29, 1.82) is 0 Å². The van der Waals surface area contributed by atoms with E-state index < -0.39 is 8.07 Å². The maximum absolute atomic E-state index is 10.8. The third kappa shape index (κ3) is 4.81. The molecule has 0 unspecified atom stereocenters. The molecule has 1 aromatic carbocycles. The topological polar surface area (TPSA) is 29.1 Å². The molecule has 16 heavy (non-hydrogen) atoms. The molecule has 0 saturated heterocycles. The molecule has 0 aliphatic rings. The molecule has 0 spiro atoms. The van der Waals surface area contributed by atoms with Crippen LogP contribution in [0.4, 0.5) is 5.69 Å². The fourth-order valence-corrected chi connectivity index (χ4v) is 1.62. The summed E-state index contributed by atoms with van der Waals surface area (Å²) in [6.07, 6.45) is 0. The van der Waals surface area contributed by atoms with E-state index >= 15 is 0 Å². The van der Waals surface area contributed by atoms with Crippen molar-refractivity contribution in [3.05, 3.63) is 29.8 Å². The zero-order valence-corrected chi connectivity index (χ0v) is 11.2. The maximum atomic E-state index is 10.8. The van der Waals surface area contributed by atoms with Crippen molar-refractivity contribution in [3.63, 3.8) is 0 Å². The molecule has 1 N–H and O–H groups in total. The van der Waals surface area contributed by atoms with Gasteiger partial charge in [0.05, 0.1) is 0 Å². The number of carbonyl (C=O) groups is 1. The van der Waals surface area contributed by atoms with Gasteiger partial charge < -0.3 is 5.32 Å². The van der Waals surface area contributed by atoms with Crippen LogP contribution in [0.1, 0.15) is 12.5 Å². The Kier molecular flexibility index (Phi) is 3.91. The fraction of sp³-hybridized carbons (Fsp3) is 0.308. The minimum atomic E-state index is -1.31. The van der Waals surface area contributed by atoms with E-state index in [0.29, 0.717) is 0 Å². The van der Waals surface area contributed by atoms with E-state index in [4.69, 9.17) is 0 Å². The molecule has 1 rings (SSSR count). The quantitative estimate of drug-likeness (QED) is 0.584. The predicted octanol–water partition coefficient (Wildman–Crippen LogP) is 2.87. The van der Waals surface area contributed by atoms with E-state index in [1.54, 1.807) is 0 Å². The first kappa shape index (κ1) is 12.5. The highest BCUT2D eigenvalue weighted by atomic mass is 28.3. The highest BCUT2D eigenvalue weighted by Gasteiger charge is 2.07. The van der Waals surface area contributed by atoms with E-state index in [2.05, 4.69) is 36.4 Å². The first-order chi connectivity index (χ1) is 7.37. The van der Waals surface area contributed by atoms with Crippen molar-refractivity contribution in [1.82, 2.24) is 0 Å². The Labute approximate surface area is 98.1 Å². The standard InChI is InChI=1S/C13H17NOSi/c1-11(15)14-13-7-5-12(6-8-13)9-10-16(2,3)4/h5-8H,1-4H3,(H,14,15). The first-order valence-corrected chi connectivity index (χ1v) is 8.78. The largest absolute Gasteiger partial charge is 0.326 e. The normalized spacial score (nSPS) is 10.2. The van der Waals surface area contributed by atoms with Gasteiger partial charge in [-0.25, -0.2) is 0 Å². The molecule has 0 aliphatic carbocycles. The summed E-state index contributed by atoms with van der Waals surface area (Å²) in [5, 5.41) is 2.73. The third-order valence-corrected chi connectivity index (χ3v) is 2.66. The van der Waals surface area contributed by atoms with Crippen molar-refractivity contribution < 1.29 is 4.79 Å². The number of benzene rings is 1. The minimum absolute atomic E-state index is 0.0547. The summed E-state index contributed by atoms with van der Waals surface area (Å²) in [6, 6.07) is 7.60. The Bertz CT molecular complexity index is 432. The summed E-state index contributed by atoms with van der Waals surface area (Å²) < 4.78 is 0. The number of hydrogen-bond acceptors (Lipinski definition) is 1. The Balaban J connectivity index is 2.78. The summed E-state index contributed by atoms with van der Waals surface area (Å²) >= 11 is 0. The van der Waals surface area contributed by atoms with Gasteiger partial charge in [0.2, 0.25) is 5.91 Å². The lowest BCUT2D eigenvalue weighted by atomic mass is 10.2. The number of nitrogens with one attached hydrogen (secondary N) is 1. The van der Waals surface area contributed by atoms with Gasteiger partial charge in [-0.1, -0.05) is 25.6 Å². The lowest BCUT2D eigenvalue weighted by Gasteiger charge is -2.04.